The molecule has 1 atom stereocenters. The predicted octanol–water partition coefficient (Wildman–Crippen LogP) is 4.65. The predicted molar refractivity (Wildman–Crippen MR) is 99.9 cm³/mol. The van der Waals surface area contributed by atoms with E-state index in [9.17, 15) is 14.3 Å². The molecule has 2 aromatic carbocycles. The average molecular weight is 380 g/mol. The topological polar surface area (TPSA) is 58.6 Å². The summed E-state index contributed by atoms with van der Waals surface area (Å²) >= 11 is 5.98. The summed E-state index contributed by atoms with van der Waals surface area (Å²) in [4.78, 5) is 11.3. The van der Waals surface area contributed by atoms with Gasteiger partial charge in [0, 0.05) is 12.1 Å². The number of hydrogen-bond acceptors (Lipinski definition) is 3. The average Bonchev–Trinajstić information content (AvgIpc) is 2.58. The van der Waals surface area contributed by atoms with E-state index in [-0.39, 0.29) is 6.61 Å². The molecule has 0 saturated heterocycles. The van der Waals surface area contributed by atoms with Gasteiger partial charge in [0.05, 0.1) is 5.02 Å². The molecule has 0 heterocycles. The molecule has 0 aromatic heterocycles. The lowest BCUT2D eigenvalue weighted by atomic mass is 10.0. The number of aliphatic carboxylic acids is 1. The van der Waals surface area contributed by atoms with Crippen LogP contribution in [0.15, 0.2) is 42.5 Å². The quantitative estimate of drug-likeness (QED) is 0.666. The molecule has 0 spiro atoms. The van der Waals surface area contributed by atoms with Gasteiger partial charge in [-0.05, 0) is 42.2 Å². The largest absolute Gasteiger partial charge is 0.489 e. The molecular formula is C20H23ClFNO3. The van der Waals surface area contributed by atoms with E-state index < -0.39 is 17.8 Å². The number of carboxylic acid groups (broad SMARTS) is 1. The van der Waals surface area contributed by atoms with Gasteiger partial charge in [0.25, 0.3) is 0 Å². The van der Waals surface area contributed by atoms with Crippen molar-refractivity contribution in [3.05, 3.63) is 64.4 Å². The van der Waals surface area contributed by atoms with Gasteiger partial charge in [-0.1, -0.05) is 43.6 Å². The number of rotatable bonds is 9. The Hall–Kier alpha value is -2.11. The van der Waals surface area contributed by atoms with Gasteiger partial charge < -0.3 is 15.2 Å². The third-order valence-corrected chi connectivity index (χ3v) is 4.28. The third kappa shape index (κ3) is 6.00. The Balaban J connectivity index is 1.90. The fourth-order valence-electron chi connectivity index (χ4n) is 2.51. The zero-order chi connectivity index (χ0) is 19.1. The summed E-state index contributed by atoms with van der Waals surface area (Å²) in [7, 11) is 0. The minimum Gasteiger partial charge on any atom is -0.489 e. The maximum atomic E-state index is 13.7. The van der Waals surface area contributed by atoms with Crippen LogP contribution in [0.4, 0.5) is 4.39 Å². The molecule has 0 aliphatic heterocycles. The molecule has 0 aliphatic carbocycles. The highest BCUT2D eigenvalue weighted by molar-refractivity contribution is 6.31. The van der Waals surface area contributed by atoms with Crippen LogP contribution in [-0.4, -0.2) is 17.1 Å². The highest BCUT2D eigenvalue weighted by Crippen LogP contribution is 2.21. The van der Waals surface area contributed by atoms with E-state index >= 15 is 0 Å². The van der Waals surface area contributed by atoms with Crippen molar-refractivity contribution in [2.24, 2.45) is 5.92 Å². The number of carboxylic acids is 1. The van der Waals surface area contributed by atoms with Crippen molar-refractivity contribution in [2.45, 2.75) is 39.5 Å². The Morgan fingerprint density at radius 3 is 2.50 bits per heavy atom. The van der Waals surface area contributed by atoms with Gasteiger partial charge in [-0.15, -0.1) is 0 Å². The Morgan fingerprint density at radius 1 is 1.23 bits per heavy atom. The van der Waals surface area contributed by atoms with Crippen LogP contribution in [0.3, 0.4) is 0 Å². The molecule has 6 heteroatoms. The van der Waals surface area contributed by atoms with Crippen LogP contribution in [0.1, 0.15) is 31.4 Å². The number of halogens is 2. The summed E-state index contributed by atoms with van der Waals surface area (Å²) in [6, 6.07) is 11.2. The van der Waals surface area contributed by atoms with Gasteiger partial charge in [-0.2, -0.15) is 0 Å². The van der Waals surface area contributed by atoms with Gasteiger partial charge in [-0.3, -0.25) is 4.79 Å². The van der Waals surface area contributed by atoms with Crippen LogP contribution in [0.2, 0.25) is 5.02 Å². The molecule has 2 N–H and O–H groups in total. The van der Waals surface area contributed by atoms with E-state index in [0.717, 1.165) is 5.56 Å². The van der Waals surface area contributed by atoms with Crippen molar-refractivity contribution in [1.29, 1.82) is 0 Å². The smallest absolute Gasteiger partial charge is 0.320 e. The Labute approximate surface area is 157 Å². The fraction of sp³-hybridized carbons (Fsp3) is 0.350. The number of hydrogen-bond donors (Lipinski definition) is 2. The maximum Gasteiger partial charge on any atom is 0.320 e. The second-order valence-corrected chi connectivity index (χ2v) is 6.94. The van der Waals surface area contributed by atoms with Crippen molar-refractivity contribution < 1.29 is 19.0 Å². The van der Waals surface area contributed by atoms with Gasteiger partial charge in [0.15, 0.2) is 0 Å². The minimum atomic E-state index is -0.847. The van der Waals surface area contributed by atoms with E-state index in [1.165, 1.54) is 6.07 Å². The van der Waals surface area contributed by atoms with E-state index in [1.807, 2.05) is 26.0 Å². The monoisotopic (exact) mass is 379 g/mol. The SMILES string of the molecule is CC(C)CC(NCc1ccc(OCc2c(F)cccc2Cl)cc1)C(=O)O. The van der Waals surface area contributed by atoms with E-state index in [4.69, 9.17) is 16.3 Å². The molecule has 2 aromatic rings. The summed E-state index contributed by atoms with van der Waals surface area (Å²) in [5, 5.41) is 12.6. The number of nitrogens with one attached hydrogen (secondary N) is 1. The van der Waals surface area contributed by atoms with Crippen molar-refractivity contribution in [3.63, 3.8) is 0 Å². The molecule has 0 saturated carbocycles. The molecule has 0 aliphatic rings. The number of benzene rings is 2. The fourth-order valence-corrected chi connectivity index (χ4v) is 2.73. The summed E-state index contributed by atoms with van der Waals surface area (Å²) < 4.78 is 19.3. The zero-order valence-corrected chi connectivity index (χ0v) is 15.6. The number of ether oxygens (including phenoxy) is 1. The standard InChI is InChI=1S/C20H23ClFNO3/c1-13(2)10-19(20(24)25)23-11-14-6-8-15(9-7-14)26-12-16-17(21)4-3-5-18(16)22/h3-9,13,19,23H,10-12H2,1-2H3,(H,24,25). The van der Waals surface area contributed by atoms with Crippen LogP contribution in [-0.2, 0) is 17.9 Å². The van der Waals surface area contributed by atoms with Gasteiger partial charge in [0.1, 0.15) is 24.2 Å². The van der Waals surface area contributed by atoms with E-state index in [0.29, 0.717) is 35.2 Å². The van der Waals surface area contributed by atoms with Crippen molar-refractivity contribution in [2.75, 3.05) is 0 Å². The summed E-state index contributed by atoms with van der Waals surface area (Å²) in [6.07, 6.45) is 0.569. The molecule has 2 rings (SSSR count). The van der Waals surface area contributed by atoms with Crippen molar-refractivity contribution in [1.82, 2.24) is 5.32 Å². The van der Waals surface area contributed by atoms with Crippen LogP contribution in [0.25, 0.3) is 0 Å². The summed E-state index contributed by atoms with van der Waals surface area (Å²) in [6.45, 7) is 4.47. The van der Waals surface area contributed by atoms with Crippen LogP contribution in [0.5, 0.6) is 5.75 Å². The van der Waals surface area contributed by atoms with Crippen LogP contribution >= 0.6 is 11.6 Å². The summed E-state index contributed by atoms with van der Waals surface area (Å²) in [5.74, 6) is -0.363. The Bertz CT molecular complexity index is 714. The lowest BCUT2D eigenvalue weighted by Crippen LogP contribution is -2.37. The van der Waals surface area contributed by atoms with E-state index in [1.54, 1.807) is 24.3 Å². The lowest BCUT2D eigenvalue weighted by Gasteiger charge is -2.16. The van der Waals surface area contributed by atoms with Gasteiger partial charge in [-0.25, -0.2) is 4.39 Å². The first-order valence-electron chi connectivity index (χ1n) is 8.47. The molecule has 0 fully saturated rings. The zero-order valence-electron chi connectivity index (χ0n) is 14.8. The van der Waals surface area contributed by atoms with Crippen molar-refractivity contribution in [3.8, 4) is 5.75 Å². The maximum absolute atomic E-state index is 13.7. The van der Waals surface area contributed by atoms with Gasteiger partial charge >= 0.3 is 5.97 Å². The van der Waals surface area contributed by atoms with Gasteiger partial charge in [0.2, 0.25) is 0 Å². The Kier molecular flexibility index (Phi) is 7.42. The molecular weight excluding hydrogens is 357 g/mol. The van der Waals surface area contributed by atoms with Crippen LogP contribution < -0.4 is 10.1 Å². The van der Waals surface area contributed by atoms with Crippen LogP contribution in [0, 0.1) is 11.7 Å². The van der Waals surface area contributed by atoms with Crippen molar-refractivity contribution >= 4 is 17.6 Å². The second-order valence-electron chi connectivity index (χ2n) is 6.53. The minimum absolute atomic E-state index is 0.0403. The highest BCUT2D eigenvalue weighted by Gasteiger charge is 2.17. The summed E-state index contributed by atoms with van der Waals surface area (Å²) in [5.41, 5.74) is 1.26. The molecule has 26 heavy (non-hydrogen) atoms. The number of carbonyl (C=O) groups is 1. The molecule has 0 amide bonds. The first-order valence-corrected chi connectivity index (χ1v) is 8.85. The molecule has 140 valence electrons. The first kappa shape index (κ1) is 20.2. The molecule has 4 nitrogen and oxygen atoms in total. The second kappa shape index (κ2) is 9.55. The first-order chi connectivity index (χ1) is 12.4. The lowest BCUT2D eigenvalue weighted by molar-refractivity contribution is -0.140. The molecule has 0 bridgehead atoms. The Morgan fingerprint density at radius 2 is 1.92 bits per heavy atom. The normalized spacial score (nSPS) is 12.2. The van der Waals surface area contributed by atoms with E-state index in [2.05, 4.69) is 5.32 Å². The highest BCUT2D eigenvalue weighted by atomic mass is 35.5. The molecule has 1 unspecified atom stereocenters. The third-order valence-electron chi connectivity index (χ3n) is 3.93. The molecule has 0 radical (unpaired) electrons.